The summed E-state index contributed by atoms with van der Waals surface area (Å²) < 4.78 is 16.7. The molecular weight excluding hydrogens is 234 g/mol. The van der Waals surface area contributed by atoms with E-state index in [2.05, 4.69) is 5.32 Å². The maximum absolute atomic E-state index is 12.5. The topological polar surface area (TPSA) is 56.8 Å². The molecule has 3 rings (SSSR count). The fraction of sp³-hybridized carbons (Fsp3) is 0.923. The van der Waals surface area contributed by atoms with Crippen LogP contribution in [0.2, 0.25) is 0 Å². The molecule has 0 aromatic carbocycles. The maximum atomic E-state index is 12.5. The Morgan fingerprint density at radius 3 is 2.89 bits per heavy atom. The zero-order valence-electron chi connectivity index (χ0n) is 10.7. The van der Waals surface area contributed by atoms with E-state index in [4.69, 9.17) is 14.2 Å². The Balaban J connectivity index is 1.62. The number of hydrogen-bond donors (Lipinski definition) is 1. The summed E-state index contributed by atoms with van der Waals surface area (Å²) in [6.07, 6.45) is 2.56. The van der Waals surface area contributed by atoms with Crippen LogP contribution in [0.5, 0.6) is 0 Å². The minimum absolute atomic E-state index is 0.0969. The molecule has 0 aromatic rings. The molecule has 0 amide bonds. The zero-order valence-corrected chi connectivity index (χ0v) is 10.7. The Kier molecular flexibility index (Phi) is 3.66. The first-order chi connectivity index (χ1) is 8.79. The first kappa shape index (κ1) is 12.5. The fourth-order valence-electron chi connectivity index (χ4n) is 3.17. The number of rotatable bonds is 2. The number of hydrogen-bond acceptors (Lipinski definition) is 5. The molecule has 3 fully saturated rings. The molecule has 1 N–H and O–H groups in total. The van der Waals surface area contributed by atoms with Crippen molar-refractivity contribution < 1.29 is 19.0 Å². The van der Waals surface area contributed by atoms with Crippen LogP contribution in [0.25, 0.3) is 0 Å². The minimum atomic E-state index is -0.186. The molecule has 0 bridgehead atoms. The van der Waals surface area contributed by atoms with Gasteiger partial charge in [0.05, 0.1) is 31.5 Å². The summed E-state index contributed by atoms with van der Waals surface area (Å²) in [6, 6.07) is -0.124. The van der Waals surface area contributed by atoms with E-state index in [0.717, 1.165) is 32.4 Å². The fourth-order valence-corrected chi connectivity index (χ4v) is 3.17. The molecule has 3 saturated heterocycles. The van der Waals surface area contributed by atoms with Crippen molar-refractivity contribution in [1.29, 1.82) is 0 Å². The summed E-state index contributed by atoms with van der Waals surface area (Å²) in [5.41, 5.74) is -0.186. The van der Waals surface area contributed by atoms with Gasteiger partial charge < -0.3 is 19.5 Å². The Labute approximate surface area is 107 Å². The maximum Gasteiger partial charge on any atom is 0.155 e. The first-order valence-corrected chi connectivity index (χ1v) is 6.86. The molecule has 0 radical (unpaired) electrons. The van der Waals surface area contributed by atoms with Crippen molar-refractivity contribution in [2.75, 3.05) is 39.6 Å². The van der Waals surface area contributed by atoms with Crippen molar-refractivity contribution in [3.8, 4) is 0 Å². The molecule has 102 valence electrons. The normalized spacial score (nSPS) is 41.1. The van der Waals surface area contributed by atoms with Crippen LogP contribution in [-0.4, -0.2) is 57.0 Å². The number of Topliss-reactive ketones (excluding diaryl/α,β-unsaturated/α-hetero) is 1. The smallest absolute Gasteiger partial charge is 0.155 e. The van der Waals surface area contributed by atoms with Crippen LogP contribution in [0.3, 0.4) is 0 Å². The lowest BCUT2D eigenvalue weighted by Gasteiger charge is -2.38. The van der Waals surface area contributed by atoms with Crippen molar-refractivity contribution in [2.45, 2.75) is 30.9 Å². The highest BCUT2D eigenvalue weighted by molar-refractivity contribution is 5.86. The molecule has 3 atom stereocenters. The zero-order chi connectivity index (χ0) is 12.4. The van der Waals surface area contributed by atoms with Crippen LogP contribution < -0.4 is 5.32 Å². The quantitative estimate of drug-likeness (QED) is 0.760. The molecule has 3 aliphatic heterocycles. The molecule has 3 aliphatic rings. The molecular formula is C13H21NO4. The van der Waals surface area contributed by atoms with Gasteiger partial charge >= 0.3 is 0 Å². The van der Waals surface area contributed by atoms with E-state index in [-0.39, 0.29) is 17.6 Å². The lowest BCUT2D eigenvalue weighted by atomic mass is 9.81. The number of nitrogens with one attached hydrogen (secondary N) is 1. The largest absolute Gasteiger partial charge is 0.378 e. The van der Waals surface area contributed by atoms with Crippen molar-refractivity contribution in [2.24, 2.45) is 5.92 Å². The summed E-state index contributed by atoms with van der Waals surface area (Å²) in [5.74, 6) is 0.393. The standard InChI is InChI=1S/C13H21NO4/c15-12(11-8-16-6-3-14-11)10-1-4-18-13(7-10)2-5-17-9-13/h10-11,14H,1-9H2. The van der Waals surface area contributed by atoms with Gasteiger partial charge in [0.25, 0.3) is 0 Å². The van der Waals surface area contributed by atoms with Gasteiger partial charge in [-0.05, 0) is 12.8 Å². The van der Waals surface area contributed by atoms with Crippen molar-refractivity contribution >= 4 is 5.78 Å². The summed E-state index contributed by atoms with van der Waals surface area (Å²) in [4.78, 5) is 12.5. The second-order valence-corrected chi connectivity index (χ2v) is 5.51. The van der Waals surface area contributed by atoms with Gasteiger partial charge in [-0.15, -0.1) is 0 Å². The van der Waals surface area contributed by atoms with E-state index < -0.39 is 0 Å². The van der Waals surface area contributed by atoms with Gasteiger partial charge in [0.2, 0.25) is 0 Å². The molecule has 0 aliphatic carbocycles. The third-order valence-corrected chi connectivity index (χ3v) is 4.23. The summed E-state index contributed by atoms with van der Waals surface area (Å²) >= 11 is 0. The molecule has 1 spiro atoms. The van der Waals surface area contributed by atoms with E-state index >= 15 is 0 Å². The second kappa shape index (κ2) is 5.25. The first-order valence-electron chi connectivity index (χ1n) is 6.86. The lowest BCUT2D eigenvalue weighted by molar-refractivity contribution is -0.141. The highest BCUT2D eigenvalue weighted by Gasteiger charge is 2.44. The third kappa shape index (κ3) is 2.45. The molecule has 0 aromatic heterocycles. The monoisotopic (exact) mass is 255 g/mol. The summed E-state index contributed by atoms with van der Waals surface area (Å²) in [7, 11) is 0. The van der Waals surface area contributed by atoms with Gasteiger partial charge in [-0.2, -0.15) is 0 Å². The van der Waals surface area contributed by atoms with Crippen LogP contribution in [0.1, 0.15) is 19.3 Å². The van der Waals surface area contributed by atoms with Crippen LogP contribution in [0.4, 0.5) is 0 Å². The minimum Gasteiger partial charge on any atom is -0.378 e. The number of morpholine rings is 1. The van der Waals surface area contributed by atoms with Crippen molar-refractivity contribution in [1.82, 2.24) is 5.32 Å². The van der Waals surface area contributed by atoms with E-state index in [1.807, 2.05) is 0 Å². The van der Waals surface area contributed by atoms with E-state index in [1.54, 1.807) is 0 Å². The number of carbonyl (C=O) groups excluding carboxylic acids is 1. The molecule has 3 heterocycles. The number of ether oxygens (including phenoxy) is 3. The Bertz CT molecular complexity index is 308. The van der Waals surface area contributed by atoms with Crippen molar-refractivity contribution in [3.05, 3.63) is 0 Å². The predicted molar refractivity (Wildman–Crippen MR) is 64.5 cm³/mol. The van der Waals surface area contributed by atoms with Crippen LogP contribution >= 0.6 is 0 Å². The Morgan fingerprint density at radius 1 is 1.22 bits per heavy atom. The van der Waals surface area contributed by atoms with Gasteiger partial charge in [-0.1, -0.05) is 0 Å². The third-order valence-electron chi connectivity index (χ3n) is 4.23. The van der Waals surface area contributed by atoms with Crippen LogP contribution in [-0.2, 0) is 19.0 Å². The summed E-state index contributed by atoms with van der Waals surface area (Å²) in [5, 5.41) is 3.25. The van der Waals surface area contributed by atoms with Gasteiger partial charge in [-0.25, -0.2) is 0 Å². The van der Waals surface area contributed by atoms with Gasteiger partial charge in [0.15, 0.2) is 5.78 Å². The number of carbonyl (C=O) groups is 1. The van der Waals surface area contributed by atoms with E-state index in [1.165, 1.54) is 0 Å². The van der Waals surface area contributed by atoms with Gasteiger partial charge in [0, 0.05) is 32.1 Å². The second-order valence-electron chi connectivity index (χ2n) is 5.51. The SMILES string of the molecule is O=C(C1CCOC2(CCOC2)C1)C1COCCN1. The molecule has 3 unspecified atom stereocenters. The average molecular weight is 255 g/mol. The van der Waals surface area contributed by atoms with E-state index in [9.17, 15) is 4.79 Å². The molecule has 0 saturated carbocycles. The molecule has 5 nitrogen and oxygen atoms in total. The predicted octanol–water partition coefficient (Wildman–Crippen LogP) is 0.130. The molecule has 5 heteroatoms. The lowest BCUT2D eigenvalue weighted by Crippen LogP contribution is -2.51. The average Bonchev–Trinajstić information content (AvgIpc) is 2.87. The number of ketones is 1. The Morgan fingerprint density at radius 2 is 2.17 bits per heavy atom. The highest BCUT2D eigenvalue weighted by atomic mass is 16.6. The van der Waals surface area contributed by atoms with Gasteiger partial charge in [0.1, 0.15) is 0 Å². The Hall–Kier alpha value is -0.490. The summed E-state index contributed by atoms with van der Waals surface area (Å²) in [6.45, 7) is 4.06. The van der Waals surface area contributed by atoms with E-state index in [0.29, 0.717) is 32.2 Å². The highest BCUT2D eigenvalue weighted by Crippen LogP contribution is 2.36. The van der Waals surface area contributed by atoms with Crippen LogP contribution in [0, 0.1) is 5.92 Å². The molecule has 18 heavy (non-hydrogen) atoms. The van der Waals surface area contributed by atoms with Gasteiger partial charge in [-0.3, -0.25) is 4.79 Å². The van der Waals surface area contributed by atoms with Crippen LogP contribution in [0.15, 0.2) is 0 Å². The van der Waals surface area contributed by atoms with Crippen molar-refractivity contribution in [3.63, 3.8) is 0 Å².